The van der Waals surface area contributed by atoms with Crippen molar-refractivity contribution in [1.29, 1.82) is 0 Å². The largest absolute Gasteiger partial charge is 0.485 e. The minimum Gasteiger partial charge on any atom is -0.485 e. The molecule has 1 N–H and O–H groups in total. The van der Waals surface area contributed by atoms with Crippen molar-refractivity contribution in [2.75, 3.05) is 6.61 Å². The van der Waals surface area contributed by atoms with E-state index in [1.807, 2.05) is 39.0 Å². The first kappa shape index (κ1) is 28.9. The van der Waals surface area contributed by atoms with Crippen molar-refractivity contribution in [3.8, 4) is 16.3 Å². The Morgan fingerprint density at radius 3 is 2.38 bits per heavy atom. The predicted octanol–water partition coefficient (Wildman–Crippen LogP) is 8.67. The molecule has 7 heteroatoms. The molecule has 3 rings (SSSR count). The maximum absolute atomic E-state index is 13.0. The molecule has 0 bridgehead atoms. The average Bonchev–Trinajstić information content (AvgIpc) is 3.26. The number of rotatable bonds is 12. The second-order valence-corrected chi connectivity index (χ2v) is 11.0. The Kier molecular flexibility index (Phi) is 9.96. The maximum atomic E-state index is 13.0. The van der Waals surface area contributed by atoms with Gasteiger partial charge < -0.3 is 9.84 Å². The molecule has 2 aromatic carbocycles. The number of aryl methyl sites for hydroxylation is 2. The van der Waals surface area contributed by atoms with Gasteiger partial charge in [-0.1, -0.05) is 56.5 Å². The number of hydrogen-bond acceptors (Lipinski definition) is 4. The number of benzene rings is 2. The van der Waals surface area contributed by atoms with Gasteiger partial charge in [0.2, 0.25) is 0 Å². The van der Waals surface area contributed by atoms with E-state index >= 15 is 0 Å². The van der Waals surface area contributed by atoms with Crippen molar-refractivity contribution in [1.82, 2.24) is 4.98 Å². The second-order valence-electron chi connectivity index (χ2n) is 9.93. The van der Waals surface area contributed by atoms with Crippen molar-refractivity contribution in [3.63, 3.8) is 0 Å². The van der Waals surface area contributed by atoms with E-state index < -0.39 is 17.3 Å². The molecule has 37 heavy (non-hydrogen) atoms. The van der Waals surface area contributed by atoms with Gasteiger partial charge in [-0.25, -0.2) is 4.98 Å². The summed E-state index contributed by atoms with van der Waals surface area (Å²) in [7, 11) is 0. The van der Waals surface area contributed by atoms with Crippen LogP contribution in [0.25, 0.3) is 16.6 Å². The topological polar surface area (TPSA) is 42.4 Å². The van der Waals surface area contributed by atoms with Crippen LogP contribution in [0.2, 0.25) is 0 Å². The van der Waals surface area contributed by atoms with E-state index in [1.165, 1.54) is 18.6 Å². The van der Waals surface area contributed by atoms with E-state index in [4.69, 9.17) is 9.72 Å². The second kappa shape index (κ2) is 12.7. The molecule has 0 amide bonds. The smallest absolute Gasteiger partial charge is 0.416 e. The van der Waals surface area contributed by atoms with Gasteiger partial charge in [0.15, 0.2) is 0 Å². The summed E-state index contributed by atoms with van der Waals surface area (Å²) in [6.45, 7) is 7.77. The fraction of sp³-hybridized carbons (Fsp3) is 0.433. The van der Waals surface area contributed by atoms with Crippen LogP contribution in [0.4, 0.5) is 13.2 Å². The molecule has 0 fully saturated rings. The summed E-state index contributed by atoms with van der Waals surface area (Å²) in [6, 6.07) is 11.2. The Morgan fingerprint density at radius 2 is 1.76 bits per heavy atom. The van der Waals surface area contributed by atoms with Crippen LogP contribution >= 0.6 is 11.3 Å². The lowest BCUT2D eigenvalue weighted by atomic mass is 10.1. The third-order valence-corrected chi connectivity index (χ3v) is 7.25. The summed E-state index contributed by atoms with van der Waals surface area (Å²) < 4.78 is 44.8. The van der Waals surface area contributed by atoms with E-state index in [0.29, 0.717) is 12.0 Å². The lowest BCUT2D eigenvalue weighted by Crippen LogP contribution is -2.32. The van der Waals surface area contributed by atoms with Gasteiger partial charge in [-0.05, 0) is 69.0 Å². The van der Waals surface area contributed by atoms with Crippen LogP contribution in [0.1, 0.15) is 73.7 Å². The fourth-order valence-electron chi connectivity index (χ4n) is 3.91. The first-order chi connectivity index (χ1) is 17.5. The molecule has 1 heterocycles. The zero-order valence-corrected chi connectivity index (χ0v) is 22.8. The van der Waals surface area contributed by atoms with Gasteiger partial charge in [0.1, 0.15) is 16.4 Å². The molecule has 0 aliphatic rings. The van der Waals surface area contributed by atoms with Crippen LogP contribution in [0.5, 0.6) is 5.75 Å². The lowest BCUT2D eigenvalue weighted by molar-refractivity contribution is -0.137. The molecule has 0 atom stereocenters. The summed E-state index contributed by atoms with van der Waals surface area (Å²) in [6.07, 6.45) is 5.91. The predicted molar refractivity (Wildman–Crippen MR) is 146 cm³/mol. The van der Waals surface area contributed by atoms with Crippen LogP contribution in [0, 0.1) is 6.92 Å². The maximum Gasteiger partial charge on any atom is 0.416 e. The number of alkyl halides is 3. The third kappa shape index (κ3) is 8.44. The monoisotopic (exact) mass is 531 g/mol. The molecular weight excluding hydrogens is 495 g/mol. The zero-order valence-electron chi connectivity index (χ0n) is 22.0. The van der Waals surface area contributed by atoms with Crippen LogP contribution in [0.3, 0.4) is 0 Å². The molecule has 0 aliphatic carbocycles. The van der Waals surface area contributed by atoms with Crippen molar-refractivity contribution in [3.05, 3.63) is 75.8 Å². The summed E-state index contributed by atoms with van der Waals surface area (Å²) in [5.41, 5.74) is 2.48. The number of nitrogens with zero attached hydrogens (tertiary/aromatic N) is 1. The Morgan fingerprint density at radius 1 is 1.03 bits per heavy atom. The number of hydrogen-bond donors (Lipinski definition) is 1. The molecule has 200 valence electrons. The van der Waals surface area contributed by atoms with Crippen LogP contribution in [0.15, 0.2) is 48.5 Å². The van der Waals surface area contributed by atoms with Gasteiger partial charge in [0, 0.05) is 16.9 Å². The Bertz CT molecular complexity index is 1180. The van der Waals surface area contributed by atoms with E-state index in [9.17, 15) is 18.3 Å². The molecule has 3 nitrogen and oxygen atoms in total. The van der Waals surface area contributed by atoms with E-state index in [1.54, 1.807) is 11.3 Å². The van der Waals surface area contributed by atoms with Gasteiger partial charge in [-0.15, -0.1) is 11.3 Å². The van der Waals surface area contributed by atoms with Crippen molar-refractivity contribution >= 4 is 17.4 Å². The molecule has 0 saturated heterocycles. The number of aliphatic hydroxyl groups excluding tert-OH is 1. The zero-order chi connectivity index (χ0) is 27.1. The van der Waals surface area contributed by atoms with Crippen molar-refractivity contribution in [2.24, 2.45) is 0 Å². The fourth-order valence-corrected chi connectivity index (χ4v) is 4.99. The van der Waals surface area contributed by atoms with Gasteiger partial charge >= 0.3 is 6.18 Å². The standard InChI is InChI=1S/C30H36F3NO2S/c1-5-6-7-8-11-25-27(37-28(34-25)23-14-16-24(17-15-23)30(31,32)33)12-9-10-22-13-18-26(21(2)19-22)36-29(3,4)20-35/h9-10,13-19,35H,5-8,11-12,20H2,1-4H3. The van der Waals surface area contributed by atoms with Gasteiger partial charge in [0.05, 0.1) is 17.9 Å². The minimum absolute atomic E-state index is 0.0712. The van der Waals surface area contributed by atoms with Gasteiger partial charge in [0.25, 0.3) is 0 Å². The highest BCUT2D eigenvalue weighted by molar-refractivity contribution is 7.15. The highest BCUT2D eigenvalue weighted by Gasteiger charge is 2.30. The average molecular weight is 532 g/mol. The van der Waals surface area contributed by atoms with Crippen LogP contribution in [-0.4, -0.2) is 22.3 Å². The van der Waals surface area contributed by atoms with Gasteiger partial charge in [-0.2, -0.15) is 13.2 Å². The minimum atomic E-state index is -4.35. The number of thiazole rings is 1. The van der Waals surface area contributed by atoms with E-state index in [-0.39, 0.29) is 6.61 Å². The van der Waals surface area contributed by atoms with E-state index in [2.05, 4.69) is 19.1 Å². The highest BCUT2D eigenvalue weighted by atomic mass is 32.1. The molecule has 1 aromatic heterocycles. The summed E-state index contributed by atoms with van der Waals surface area (Å²) >= 11 is 1.55. The molecule has 0 radical (unpaired) electrons. The molecule has 3 aromatic rings. The summed E-state index contributed by atoms with van der Waals surface area (Å²) in [5.74, 6) is 0.745. The Labute approximate surface area is 222 Å². The number of ether oxygens (including phenoxy) is 1. The molecular formula is C30H36F3NO2S. The number of halogens is 3. The molecule has 0 unspecified atom stereocenters. The SMILES string of the molecule is CCCCCCc1nc(-c2ccc(C(F)(F)F)cc2)sc1CC=Cc1ccc(OC(C)(C)CO)c(C)c1. The first-order valence-corrected chi connectivity index (χ1v) is 13.6. The summed E-state index contributed by atoms with van der Waals surface area (Å²) in [5, 5.41) is 10.2. The van der Waals surface area contributed by atoms with Crippen LogP contribution in [-0.2, 0) is 19.0 Å². The van der Waals surface area contributed by atoms with Crippen LogP contribution < -0.4 is 4.74 Å². The Hall–Kier alpha value is -2.64. The summed E-state index contributed by atoms with van der Waals surface area (Å²) in [4.78, 5) is 5.97. The molecule has 0 saturated carbocycles. The third-order valence-electron chi connectivity index (χ3n) is 6.08. The first-order valence-electron chi connectivity index (χ1n) is 12.8. The lowest BCUT2D eigenvalue weighted by Gasteiger charge is -2.25. The number of allylic oxidation sites excluding steroid dienone is 1. The normalized spacial score (nSPS) is 12.4. The molecule has 0 aliphatic heterocycles. The van der Waals surface area contributed by atoms with Gasteiger partial charge in [-0.3, -0.25) is 0 Å². The highest BCUT2D eigenvalue weighted by Crippen LogP contribution is 2.34. The quantitative estimate of drug-likeness (QED) is 0.238. The number of aliphatic hydroxyl groups is 1. The Balaban J connectivity index is 1.77. The number of unbranched alkanes of at least 4 members (excludes halogenated alkanes) is 3. The van der Waals surface area contributed by atoms with Crippen molar-refractivity contribution in [2.45, 2.75) is 78.0 Å². The molecule has 0 spiro atoms. The number of aromatic nitrogens is 1. The van der Waals surface area contributed by atoms with Crippen molar-refractivity contribution < 1.29 is 23.0 Å². The van der Waals surface area contributed by atoms with E-state index in [0.717, 1.165) is 70.3 Å².